The van der Waals surface area contributed by atoms with E-state index in [0.717, 1.165) is 68.4 Å². The first kappa shape index (κ1) is 28.2. The second kappa shape index (κ2) is 12.6. The molecule has 1 atom stereocenters. The molecule has 2 rings (SSSR count). The lowest BCUT2D eigenvalue weighted by molar-refractivity contribution is 0.0281. The molecule has 1 aromatic rings. The molecule has 1 aliphatic rings. The summed E-state index contributed by atoms with van der Waals surface area (Å²) in [5.74, 6) is 1.82. The molecule has 3 nitrogen and oxygen atoms in total. The Morgan fingerprint density at radius 2 is 1.65 bits per heavy atom. The van der Waals surface area contributed by atoms with Crippen molar-refractivity contribution in [2.45, 2.75) is 118 Å². The molecular formula is C31H48O3. The van der Waals surface area contributed by atoms with E-state index >= 15 is 0 Å². The molecule has 3 heteroatoms. The van der Waals surface area contributed by atoms with E-state index in [9.17, 15) is 5.11 Å². The summed E-state index contributed by atoms with van der Waals surface area (Å²) < 4.78 is 12.4. The minimum absolute atomic E-state index is 0.134. The van der Waals surface area contributed by atoms with Crippen molar-refractivity contribution in [3.05, 3.63) is 58.2 Å². The predicted octanol–water partition coefficient (Wildman–Crippen LogP) is 8.43. The summed E-state index contributed by atoms with van der Waals surface area (Å²) in [6.45, 7) is 17.0. The lowest BCUT2D eigenvalue weighted by Gasteiger charge is -2.37. The van der Waals surface area contributed by atoms with Crippen molar-refractivity contribution in [2.24, 2.45) is 0 Å². The summed E-state index contributed by atoms with van der Waals surface area (Å²) in [7, 11) is 0. The lowest BCUT2D eigenvalue weighted by atomic mass is 9.87. The normalized spacial score (nSPS) is 18.9. The van der Waals surface area contributed by atoms with Crippen LogP contribution in [0.25, 0.3) is 0 Å². The van der Waals surface area contributed by atoms with E-state index in [1.807, 2.05) is 6.07 Å². The van der Waals surface area contributed by atoms with Crippen molar-refractivity contribution in [1.82, 2.24) is 0 Å². The Kier molecular flexibility index (Phi) is 10.5. The zero-order valence-corrected chi connectivity index (χ0v) is 23.0. The fraction of sp³-hybridized carbons (Fsp3) is 0.613. The zero-order chi connectivity index (χ0) is 25.4. The van der Waals surface area contributed by atoms with Gasteiger partial charge >= 0.3 is 0 Å². The molecule has 0 aliphatic carbocycles. The summed E-state index contributed by atoms with van der Waals surface area (Å²) in [5, 5.41) is 9.94. The monoisotopic (exact) mass is 468 g/mol. The van der Waals surface area contributed by atoms with Gasteiger partial charge in [-0.15, -0.1) is 0 Å². The first-order chi connectivity index (χ1) is 15.9. The van der Waals surface area contributed by atoms with Crippen LogP contribution in [0, 0.1) is 6.92 Å². The third kappa shape index (κ3) is 10.1. The Morgan fingerprint density at radius 3 is 2.26 bits per heavy atom. The number of benzene rings is 1. The highest BCUT2D eigenvalue weighted by Crippen LogP contribution is 2.40. The van der Waals surface area contributed by atoms with Crippen LogP contribution in [0.5, 0.6) is 11.5 Å². The standard InChI is InChI=1S/C31H48O3/c1-23(2)12-9-13-24(3)14-10-15-25(4)16-11-18-31(8)19-17-27-21-28(33-22-30(6,7)32)20-26(5)29(27)34-31/h12,14,16,20-21,32H,9-11,13,15,17-19,22H2,1-8H3/b24-14+,25-16+/t31-/m1/s1. The molecule has 0 fully saturated rings. The second-order valence-corrected chi connectivity index (χ2v) is 11.4. The highest BCUT2D eigenvalue weighted by atomic mass is 16.5. The number of hydrogen-bond acceptors (Lipinski definition) is 3. The lowest BCUT2D eigenvalue weighted by Crippen LogP contribution is -2.36. The van der Waals surface area contributed by atoms with Gasteiger partial charge in [0.05, 0.1) is 5.60 Å². The first-order valence-corrected chi connectivity index (χ1v) is 13.0. The quantitative estimate of drug-likeness (QED) is 0.313. The fourth-order valence-corrected chi connectivity index (χ4v) is 4.32. The third-order valence-electron chi connectivity index (χ3n) is 6.48. The van der Waals surface area contributed by atoms with E-state index in [4.69, 9.17) is 9.47 Å². The van der Waals surface area contributed by atoms with Gasteiger partial charge in [0.1, 0.15) is 23.7 Å². The van der Waals surface area contributed by atoms with E-state index in [1.165, 1.54) is 22.3 Å². The van der Waals surface area contributed by atoms with Gasteiger partial charge in [0.25, 0.3) is 0 Å². The van der Waals surface area contributed by atoms with Crippen LogP contribution < -0.4 is 9.47 Å². The molecule has 1 aromatic carbocycles. The summed E-state index contributed by atoms with van der Waals surface area (Å²) in [6, 6.07) is 4.10. The van der Waals surface area contributed by atoms with Gasteiger partial charge < -0.3 is 14.6 Å². The van der Waals surface area contributed by atoms with Gasteiger partial charge in [-0.25, -0.2) is 0 Å². The van der Waals surface area contributed by atoms with E-state index in [1.54, 1.807) is 13.8 Å². The number of fused-ring (bicyclic) bond motifs is 1. The average Bonchev–Trinajstić information content (AvgIpc) is 2.72. The van der Waals surface area contributed by atoms with Gasteiger partial charge in [0.15, 0.2) is 0 Å². The summed E-state index contributed by atoms with van der Waals surface area (Å²) in [5.41, 5.74) is 5.71. The van der Waals surface area contributed by atoms with Gasteiger partial charge in [-0.3, -0.25) is 0 Å². The number of aryl methyl sites for hydroxylation is 2. The predicted molar refractivity (Wildman–Crippen MR) is 145 cm³/mol. The second-order valence-electron chi connectivity index (χ2n) is 11.4. The Labute approximate surface area is 209 Å². The molecule has 34 heavy (non-hydrogen) atoms. The minimum atomic E-state index is -0.842. The topological polar surface area (TPSA) is 38.7 Å². The number of allylic oxidation sites excluding steroid dienone is 6. The van der Waals surface area contributed by atoms with Crippen LogP contribution >= 0.6 is 0 Å². The molecule has 0 radical (unpaired) electrons. The summed E-state index contributed by atoms with van der Waals surface area (Å²) in [6.07, 6.45) is 15.8. The van der Waals surface area contributed by atoms with Gasteiger partial charge in [-0.05, 0) is 130 Å². The molecule has 1 heterocycles. The third-order valence-corrected chi connectivity index (χ3v) is 6.48. The summed E-state index contributed by atoms with van der Waals surface area (Å²) >= 11 is 0. The molecule has 0 saturated carbocycles. The van der Waals surface area contributed by atoms with E-state index in [0.29, 0.717) is 0 Å². The van der Waals surface area contributed by atoms with Gasteiger partial charge in [0, 0.05) is 0 Å². The number of hydrogen-bond donors (Lipinski definition) is 1. The average molecular weight is 469 g/mol. The van der Waals surface area contributed by atoms with E-state index in [-0.39, 0.29) is 12.2 Å². The molecule has 0 saturated heterocycles. The van der Waals surface area contributed by atoms with Crippen LogP contribution in [0.1, 0.15) is 105 Å². The fourth-order valence-electron chi connectivity index (χ4n) is 4.32. The van der Waals surface area contributed by atoms with Crippen LogP contribution in [0.3, 0.4) is 0 Å². The Balaban J connectivity index is 1.85. The minimum Gasteiger partial charge on any atom is -0.491 e. The first-order valence-electron chi connectivity index (χ1n) is 13.0. The van der Waals surface area contributed by atoms with Crippen LogP contribution in [-0.2, 0) is 6.42 Å². The molecule has 1 N–H and O–H groups in total. The van der Waals surface area contributed by atoms with Crippen molar-refractivity contribution in [3.63, 3.8) is 0 Å². The summed E-state index contributed by atoms with van der Waals surface area (Å²) in [4.78, 5) is 0. The van der Waals surface area contributed by atoms with E-state index in [2.05, 4.69) is 65.8 Å². The molecule has 0 unspecified atom stereocenters. The van der Waals surface area contributed by atoms with Crippen LogP contribution in [0.15, 0.2) is 47.1 Å². The van der Waals surface area contributed by atoms with Crippen molar-refractivity contribution >= 4 is 0 Å². The molecule has 0 bridgehead atoms. The molecular weight excluding hydrogens is 420 g/mol. The maximum absolute atomic E-state index is 9.94. The van der Waals surface area contributed by atoms with Gasteiger partial charge in [-0.1, -0.05) is 34.9 Å². The Bertz CT molecular complexity index is 894. The van der Waals surface area contributed by atoms with Crippen LogP contribution in [0.2, 0.25) is 0 Å². The number of rotatable bonds is 12. The number of aliphatic hydroxyl groups is 1. The Hall–Kier alpha value is -2.00. The molecule has 0 amide bonds. The van der Waals surface area contributed by atoms with Crippen LogP contribution in [-0.4, -0.2) is 22.9 Å². The van der Waals surface area contributed by atoms with Gasteiger partial charge in [0.2, 0.25) is 0 Å². The van der Waals surface area contributed by atoms with Gasteiger partial charge in [-0.2, -0.15) is 0 Å². The molecule has 190 valence electrons. The number of ether oxygens (including phenoxy) is 2. The van der Waals surface area contributed by atoms with Crippen molar-refractivity contribution in [1.29, 1.82) is 0 Å². The van der Waals surface area contributed by atoms with Crippen molar-refractivity contribution < 1.29 is 14.6 Å². The highest BCUT2D eigenvalue weighted by molar-refractivity contribution is 5.48. The largest absolute Gasteiger partial charge is 0.491 e. The van der Waals surface area contributed by atoms with Crippen molar-refractivity contribution in [2.75, 3.05) is 6.61 Å². The van der Waals surface area contributed by atoms with Crippen LogP contribution in [0.4, 0.5) is 0 Å². The highest BCUT2D eigenvalue weighted by Gasteiger charge is 2.32. The van der Waals surface area contributed by atoms with Crippen molar-refractivity contribution in [3.8, 4) is 11.5 Å². The molecule has 0 aromatic heterocycles. The molecule has 0 spiro atoms. The SMILES string of the molecule is CC(C)=CCC/C(C)=C/CC/C(C)=C/CC[C@]1(C)CCc2cc(OCC(C)(C)O)cc(C)c2O1. The molecule has 1 aliphatic heterocycles. The maximum Gasteiger partial charge on any atom is 0.126 e. The Morgan fingerprint density at radius 1 is 1.03 bits per heavy atom. The smallest absolute Gasteiger partial charge is 0.126 e. The zero-order valence-electron chi connectivity index (χ0n) is 23.0. The maximum atomic E-state index is 9.94. The van der Waals surface area contributed by atoms with E-state index < -0.39 is 5.60 Å².